The van der Waals surface area contributed by atoms with E-state index in [0.29, 0.717) is 13.1 Å². The van der Waals surface area contributed by atoms with Crippen molar-refractivity contribution in [3.05, 3.63) is 41.5 Å². The molecule has 1 aromatic carbocycles. The molecule has 1 aliphatic heterocycles. The molecule has 0 aliphatic carbocycles. The molecular weight excluding hydrogens is 466 g/mol. The number of carbonyl (C=O) groups excluding carboxylic acids is 1. The molecule has 13 heteroatoms. The van der Waals surface area contributed by atoms with Crippen LogP contribution in [-0.2, 0) is 25.5 Å². The first kappa shape index (κ1) is 24.1. The van der Waals surface area contributed by atoms with E-state index in [2.05, 4.69) is 14.7 Å². The van der Waals surface area contributed by atoms with Gasteiger partial charge in [0.05, 0.1) is 6.61 Å². The van der Waals surface area contributed by atoms with Gasteiger partial charge in [0.25, 0.3) is 0 Å². The number of hydrogen-bond donors (Lipinski definition) is 1. The summed E-state index contributed by atoms with van der Waals surface area (Å²) in [4.78, 5) is 20.2. The number of hydrogen-bond acceptors (Lipinski definition) is 8. The maximum Gasteiger partial charge on any atom is 0.347 e. The number of esters is 1. The number of nitrogens with one attached hydrogen (secondary N) is 1. The molecule has 0 amide bonds. The molecule has 1 aromatic heterocycles. The molecule has 1 saturated heterocycles. The number of rotatable bonds is 10. The fourth-order valence-corrected chi connectivity index (χ4v) is 4.66. The third-order valence-corrected chi connectivity index (χ3v) is 6.78. The number of nitrogens with zero attached hydrogens (tertiary/aromatic N) is 3. The van der Waals surface area contributed by atoms with Crippen molar-refractivity contribution in [1.29, 1.82) is 0 Å². The summed E-state index contributed by atoms with van der Waals surface area (Å²) in [5.74, 6) is -2.76. The molecule has 0 unspecified atom stereocenters. The zero-order valence-electron chi connectivity index (χ0n) is 17.4. The van der Waals surface area contributed by atoms with E-state index in [4.69, 9.17) is 9.47 Å². The maximum absolute atomic E-state index is 14.0. The molecule has 3 rings (SSSR count). The van der Waals surface area contributed by atoms with Gasteiger partial charge >= 0.3 is 16.2 Å². The number of halogens is 2. The van der Waals surface area contributed by atoms with Crippen molar-refractivity contribution in [2.75, 3.05) is 24.4 Å². The predicted molar refractivity (Wildman–Crippen MR) is 113 cm³/mol. The van der Waals surface area contributed by atoms with Gasteiger partial charge in [-0.15, -0.1) is 0 Å². The molecule has 0 bridgehead atoms. The molecule has 0 spiro atoms. The lowest BCUT2D eigenvalue weighted by Crippen LogP contribution is -2.45. The summed E-state index contributed by atoms with van der Waals surface area (Å²) in [5.41, 5.74) is 0.0903. The minimum absolute atomic E-state index is 0.0151. The lowest BCUT2D eigenvalue weighted by Gasteiger charge is -2.29. The van der Waals surface area contributed by atoms with E-state index in [-0.39, 0.29) is 34.8 Å². The molecule has 1 aliphatic rings. The lowest BCUT2D eigenvalue weighted by atomic mass is 10.2. The summed E-state index contributed by atoms with van der Waals surface area (Å²) >= 11 is 0.951. The summed E-state index contributed by atoms with van der Waals surface area (Å²) in [6.45, 7) is 4.06. The average Bonchev–Trinajstić information content (AvgIpc) is 2.67. The Labute approximate surface area is 188 Å². The van der Waals surface area contributed by atoms with Crippen LogP contribution in [0.25, 0.3) is 0 Å². The van der Waals surface area contributed by atoms with Crippen molar-refractivity contribution in [3.8, 4) is 5.88 Å². The molecule has 2 heterocycles. The van der Waals surface area contributed by atoms with E-state index in [1.54, 1.807) is 6.92 Å². The van der Waals surface area contributed by atoms with E-state index in [9.17, 15) is 22.0 Å². The third kappa shape index (κ3) is 6.04. The molecule has 9 nitrogen and oxygen atoms in total. The molecule has 0 radical (unpaired) electrons. The highest BCUT2D eigenvalue weighted by molar-refractivity contribution is 7.98. The van der Waals surface area contributed by atoms with Crippen LogP contribution < -0.4 is 9.46 Å². The van der Waals surface area contributed by atoms with Gasteiger partial charge in [0.15, 0.2) is 22.9 Å². The van der Waals surface area contributed by atoms with Crippen molar-refractivity contribution in [2.45, 2.75) is 37.3 Å². The second-order valence-corrected chi connectivity index (χ2v) is 9.36. The van der Waals surface area contributed by atoms with Crippen LogP contribution in [0.3, 0.4) is 0 Å². The molecule has 1 N–H and O–H groups in total. The molecule has 1 fully saturated rings. The van der Waals surface area contributed by atoms with Gasteiger partial charge in [0, 0.05) is 30.5 Å². The highest BCUT2D eigenvalue weighted by Crippen LogP contribution is 2.27. The van der Waals surface area contributed by atoms with Crippen LogP contribution in [0.15, 0.2) is 29.4 Å². The zero-order chi connectivity index (χ0) is 23.3. The fourth-order valence-electron chi connectivity index (χ4n) is 2.60. The smallest absolute Gasteiger partial charge is 0.347 e. The summed E-state index contributed by atoms with van der Waals surface area (Å²) in [6.07, 6.45) is -0.251. The predicted octanol–water partition coefficient (Wildman–Crippen LogP) is 2.74. The second-order valence-electron chi connectivity index (χ2n) is 6.75. The normalized spacial score (nSPS) is 15.0. The van der Waals surface area contributed by atoms with Crippen molar-refractivity contribution < 1.29 is 31.5 Å². The summed E-state index contributed by atoms with van der Waals surface area (Å²) in [6, 6.07) is 5.04. The molecular formula is C19H22F2N4O5S2. The van der Waals surface area contributed by atoms with Gasteiger partial charge in [-0.1, -0.05) is 23.9 Å². The Balaban J connectivity index is 1.83. The maximum atomic E-state index is 14.0. The Hall–Kier alpha value is -2.51. The highest BCUT2D eigenvalue weighted by atomic mass is 32.2. The van der Waals surface area contributed by atoms with Crippen molar-refractivity contribution in [2.24, 2.45) is 0 Å². The van der Waals surface area contributed by atoms with Gasteiger partial charge in [-0.25, -0.2) is 18.6 Å². The van der Waals surface area contributed by atoms with Crippen molar-refractivity contribution in [1.82, 2.24) is 14.3 Å². The van der Waals surface area contributed by atoms with Crippen molar-refractivity contribution in [3.63, 3.8) is 0 Å². The van der Waals surface area contributed by atoms with Crippen LogP contribution in [0.1, 0.15) is 25.8 Å². The Morgan fingerprint density at radius 3 is 2.72 bits per heavy atom. The first-order chi connectivity index (χ1) is 15.2. The van der Waals surface area contributed by atoms with E-state index in [0.717, 1.165) is 24.2 Å². The average molecular weight is 489 g/mol. The number of thioether (sulfide) groups is 1. The minimum Gasteiger partial charge on any atom is -0.463 e. The van der Waals surface area contributed by atoms with Crippen LogP contribution in [0, 0.1) is 11.6 Å². The van der Waals surface area contributed by atoms with E-state index >= 15 is 0 Å². The van der Waals surface area contributed by atoms with Gasteiger partial charge < -0.3 is 9.47 Å². The number of anilines is 1. The van der Waals surface area contributed by atoms with Crippen LogP contribution >= 0.6 is 11.8 Å². The Bertz CT molecular complexity index is 1080. The van der Waals surface area contributed by atoms with Gasteiger partial charge in [-0.3, -0.25) is 4.72 Å². The Morgan fingerprint density at radius 1 is 1.31 bits per heavy atom. The van der Waals surface area contributed by atoms with Gasteiger partial charge in [0.2, 0.25) is 5.88 Å². The van der Waals surface area contributed by atoms with Crippen LogP contribution in [0.2, 0.25) is 0 Å². The zero-order valence-corrected chi connectivity index (χ0v) is 19.0. The van der Waals surface area contributed by atoms with Gasteiger partial charge in [-0.05, 0) is 26.3 Å². The molecule has 2 aromatic rings. The SMILES string of the molecule is CCOC(=O)[C@H](C)Oc1cc(NS(=O)(=O)N2CCC2)nc(SCc2cccc(F)c2F)n1. The molecule has 1 atom stereocenters. The minimum atomic E-state index is -3.82. The topological polar surface area (TPSA) is 111 Å². The van der Waals surface area contributed by atoms with Gasteiger partial charge in [0.1, 0.15) is 5.82 Å². The first-order valence-corrected chi connectivity index (χ1v) is 12.2. The Kier molecular flexibility index (Phi) is 7.85. The molecule has 174 valence electrons. The third-order valence-electron chi connectivity index (χ3n) is 4.38. The quantitative estimate of drug-likeness (QED) is 0.309. The summed E-state index contributed by atoms with van der Waals surface area (Å²) in [7, 11) is -3.82. The second kappa shape index (κ2) is 10.4. The van der Waals surface area contributed by atoms with Crippen LogP contribution in [0.5, 0.6) is 5.88 Å². The summed E-state index contributed by atoms with van der Waals surface area (Å²) in [5, 5.41) is 0.0449. The van der Waals surface area contributed by atoms with Crippen LogP contribution in [0.4, 0.5) is 14.6 Å². The number of aromatic nitrogens is 2. The Morgan fingerprint density at radius 2 is 2.06 bits per heavy atom. The number of ether oxygens (including phenoxy) is 2. The van der Waals surface area contributed by atoms with Gasteiger partial charge in [-0.2, -0.15) is 17.7 Å². The number of carbonyl (C=O) groups is 1. The monoisotopic (exact) mass is 488 g/mol. The summed E-state index contributed by atoms with van der Waals surface area (Å²) < 4.78 is 66.2. The number of benzene rings is 1. The van der Waals surface area contributed by atoms with E-state index in [1.165, 1.54) is 29.4 Å². The largest absolute Gasteiger partial charge is 0.463 e. The fraction of sp³-hybridized carbons (Fsp3) is 0.421. The molecule has 0 saturated carbocycles. The standard InChI is InChI=1S/C19H22F2N4O5S2/c1-3-29-18(26)12(2)30-16-10-15(24-32(27,28)25-8-5-9-25)22-19(23-16)31-11-13-6-4-7-14(20)17(13)21/h4,6-7,10,12H,3,5,8-9,11H2,1-2H3,(H,22,23,24)/t12-/m0/s1. The molecule has 32 heavy (non-hydrogen) atoms. The van der Waals surface area contributed by atoms with E-state index < -0.39 is 33.9 Å². The lowest BCUT2D eigenvalue weighted by molar-refractivity contribution is -0.150. The first-order valence-electron chi connectivity index (χ1n) is 9.75. The highest BCUT2D eigenvalue weighted by Gasteiger charge is 2.28. The van der Waals surface area contributed by atoms with E-state index in [1.807, 2.05) is 0 Å². The van der Waals surface area contributed by atoms with Crippen LogP contribution in [-0.4, -0.2) is 54.5 Å². The van der Waals surface area contributed by atoms with Crippen molar-refractivity contribution >= 4 is 33.8 Å².